The number of hydrogen-bond donors (Lipinski definition) is 3. The van der Waals surface area contributed by atoms with Crippen LogP contribution in [0.4, 0.5) is 14.5 Å². The van der Waals surface area contributed by atoms with Gasteiger partial charge >= 0.3 is 0 Å². The molecule has 2 aromatic rings. The van der Waals surface area contributed by atoms with Crippen LogP contribution in [0.25, 0.3) is 0 Å². The van der Waals surface area contributed by atoms with E-state index in [-0.39, 0.29) is 31.2 Å². The lowest BCUT2D eigenvalue weighted by atomic mass is 10.2. The van der Waals surface area contributed by atoms with Crippen LogP contribution in [0.3, 0.4) is 0 Å². The van der Waals surface area contributed by atoms with E-state index in [0.29, 0.717) is 6.07 Å². The van der Waals surface area contributed by atoms with Crippen LogP contribution >= 0.6 is 0 Å². The van der Waals surface area contributed by atoms with Crippen LogP contribution in [0, 0.1) is 11.6 Å². The van der Waals surface area contributed by atoms with Gasteiger partial charge in [0.05, 0.1) is 12.3 Å². The quantitative estimate of drug-likeness (QED) is 0.569. The molecule has 1 aliphatic rings. The molecule has 0 radical (unpaired) electrons. The van der Waals surface area contributed by atoms with Gasteiger partial charge in [0.2, 0.25) is 5.43 Å². The molecular weight excluding hydrogens is 404 g/mol. The largest absolute Gasteiger partial charge is 0.502 e. The summed E-state index contributed by atoms with van der Waals surface area (Å²) in [6.45, 7) is 0.622. The number of rotatable bonds is 6. The van der Waals surface area contributed by atoms with E-state index in [1.165, 1.54) is 21.7 Å². The fourth-order valence-electron chi connectivity index (χ4n) is 2.90. The molecule has 10 nitrogen and oxygen atoms in total. The average Bonchev–Trinajstić information content (AvgIpc) is 2.70. The number of hydrazine groups is 1. The molecule has 0 atom stereocenters. The lowest BCUT2D eigenvalue weighted by Gasteiger charge is -2.37. The summed E-state index contributed by atoms with van der Waals surface area (Å²) in [6, 6.07) is 2.65. The summed E-state index contributed by atoms with van der Waals surface area (Å²) in [5.74, 6) is -4.24. The topological polar surface area (TPSA) is 116 Å². The van der Waals surface area contributed by atoms with Crippen molar-refractivity contribution in [1.82, 2.24) is 15.0 Å². The van der Waals surface area contributed by atoms with Gasteiger partial charge in [0, 0.05) is 33.0 Å². The van der Waals surface area contributed by atoms with Crippen LogP contribution in [-0.4, -0.2) is 60.5 Å². The number of nitrogens with zero attached hydrogens (tertiary/aromatic N) is 3. The van der Waals surface area contributed by atoms with E-state index in [4.69, 9.17) is 4.74 Å². The lowest BCUT2D eigenvalue weighted by Crippen LogP contribution is -2.53. The minimum atomic E-state index is -1.07. The maximum Gasteiger partial charge on any atom is 0.277 e. The maximum absolute atomic E-state index is 13.7. The number of hydrogen-bond acceptors (Lipinski definition) is 7. The van der Waals surface area contributed by atoms with Crippen molar-refractivity contribution in [2.45, 2.75) is 0 Å². The minimum Gasteiger partial charge on any atom is -0.502 e. The van der Waals surface area contributed by atoms with E-state index >= 15 is 0 Å². The molecule has 2 heterocycles. The molecule has 1 aromatic carbocycles. The molecule has 0 saturated heterocycles. The van der Waals surface area contributed by atoms with Gasteiger partial charge < -0.3 is 14.7 Å². The summed E-state index contributed by atoms with van der Waals surface area (Å²) in [7, 11) is 3.07. The molecular formula is C18H19F2N5O5. The number of methoxy groups -OCH3 is 1. The molecule has 3 N–H and O–H groups in total. The number of pyridine rings is 1. The van der Waals surface area contributed by atoms with Gasteiger partial charge in [0.1, 0.15) is 18.0 Å². The number of aromatic nitrogens is 1. The molecule has 30 heavy (non-hydrogen) atoms. The van der Waals surface area contributed by atoms with Crippen LogP contribution in [-0.2, 0) is 4.74 Å². The molecule has 0 aliphatic carbocycles. The van der Waals surface area contributed by atoms with E-state index in [0.717, 1.165) is 18.3 Å². The molecule has 160 valence electrons. The Morgan fingerprint density at radius 1 is 1.30 bits per heavy atom. The summed E-state index contributed by atoms with van der Waals surface area (Å²) < 4.78 is 32.8. The van der Waals surface area contributed by atoms with Crippen molar-refractivity contribution in [3.05, 3.63) is 57.5 Å². The highest BCUT2D eigenvalue weighted by molar-refractivity contribution is 5.99. The van der Waals surface area contributed by atoms with Gasteiger partial charge in [0.25, 0.3) is 11.8 Å². The van der Waals surface area contributed by atoms with Crippen LogP contribution in [0.1, 0.15) is 20.8 Å². The van der Waals surface area contributed by atoms with Gasteiger partial charge in [-0.1, -0.05) is 0 Å². The second kappa shape index (κ2) is 8.37. The Bertz CT molecular complexity index is 1060. The number of carbonyl (C=O) groups is 2. The Morgan fingerprint density at radius 3 is 2.70 bits per heavy atom. The lowest BCUT2D eigenvalue weighted by molar-refractivity contribution is 0.0629. The third-order valence-electron chi connectivity index (χ3n) is 4.45. The summed E-state index contributed by atoms with van der Waals surface area (Å²) in [6.07, 6.45) is 1.10. The number of fused-ring (bicyclic) bond motifs is 1. The Kier molecular flexibility index (Phi) is 5.87. The molecule has 3 rings (SSSR count). The number of ether oxygens (including phenoxy) is 1. The Balaban J connectivity index is 1.88. The second-order valence-corrected chi connectivity index (χ2v) is 6.48. The highest BCUT2D eigenvalue weighted by Crippen LogP contribution is 2.20. The number of nitrogens with one attached hydrogen (secondary N) is 2. The first-order valence-electron chi connectivity index (χ1n) is 8.74. The summed E-state index contributed by atoms with van der Waals surface area (Å²) in [5.41, 5.74) is 2.26. The van der Waals surface area contributed by atoms with Gasteiger partial charge in [-0.25, -0.2) is 8.78 Å². The van der Waals surface area contributed by atoms with Crippen LogP contribution in [0.5, 0.6) is 5.75 Å². The highest BCUT2D eigenvalue weighted by Gasteiger charge is 2.33. The normalized spacial score (nSPS) is 13.3. The zero-order valence-corrected chi connectivity index (χ0v) is 16.1. The van der Waals surface area contributed by atoms with E-state index in [2.05, 4.69) is 10.9 Å². The number of anilines is 1. The summed E-state index contributed by atoms with van der Waals surface area (Å²) in [4.78, 5) is 38.9. The molecule has 0 bridgehead atoms. The zero-order chi connectivity index (χ0) is 22.0. The highest BCUT2D eigenvalue weighted by atomic mass is 19.1. The smallest absolute Gasteiger partial charge is 0.277 e. The van der Waals surface area contributed by atoms with Crippen molar-refractivity contribution in [3.63, 3.8) is 0 Å². The molecule has 0 spiro atoms. The van der Waals surface area contributed by atoms with Crippen LogP contribution in [0.15, 0.2) is 29.2 Å². The fraction of sp³-hybridized carbons (Fsp3) is 0.278. The first kappa shape index (κ1) is 21.0. The fourth-order valence-corrected chi connectivity index (χ4v) is 2.90. The zero-order valence-electron chi connectivity index (χ0n) is 16.1. The van der Waals surface area contributed by atoms with Crippen molar-refractivity contribution in [1.29, 1.82) is 0 Å². The average molecular weight is 423 g/mol. The molecule has 0 saturated carbocycles. The summed E-state index contributed by atoms with van der Waals surface area (Å²) >= 11 is 0. The Hall–Kier alpha value is -3.67. The Morgan fingerprint density at radius 2 is 2.03 bits per heavy atom. The molecule has 0 fully saturated rings. The standard InChI is InChI=1S/C18H19F2N5O5/c1-23-9-24(5-6-30-2)18(29)14-16(27)15(26)11(8-25(14)23)17(28)22-21-13-4-3-10(19)7-12(13)20/h3-4,7-8,21,27H,5-6,9H2,1-2H3,(H,22,28). The van der Waals surface area contributed by atoms with E-state index in [9.17, 15) is 28.3 Å². The van der Waals surface area contributed by atoms with Crippen LogP contribution < -0.4 is 21.3 Å². The van der Waals surface area contributed by atoms with Crippen molar-refractivity contribution in [3.8, 4) is 5.75 Å². The molecule has 2 amide bonds. The number of benzene rings is 1. The van der Waals surface area contributed by atoms with Crippen molar-refractivity contribution in [2.24, 2.45) is 0 Å². The Labute approximate surface area is 169 Å². The predicted octanol–water partition coefficient (Wildman–Crippen LogP) is 0.217. The van der Waals surface area contributed by atoms with E-state index < -0.39 is 40.2 Å². The second-order valence-electron chi connectivity index (χ2n) is 6.48. The predicted molar refractivity (Wildman–Crippen MR) is 102 cm³/mol. The minimum absolute atomic E-state index is 0.123. The first-order valence-corrected chi connectivity index (χ1v) is 8.74. The summed E-state index contributed by atoms with van der Waals surface area (Å²) in [5, 5.41) is 11.8. The maximum atomic E-state index is 13.7. The molecule has 1 aromatic heterocycles. The third-order valence-corrected chi connectivity index (χ3v) is 4.45. The van der Waals surface area contributed by atoms with Crippen LogP contribution in [0.2, 0.25) is 0 Å². The van der Waals surface area contributed by atoms with Crippen molar-refractivity contribution < 1.29 is 28.2 Å². The van der Waals surface area contributed by atoms with E-state index in [1.54, 1.807) is 7.05 Å². The van der Waals surface area contributed by atoms with Crippen molar-refractivity contribution >= 4 is 17.5 Å². The van der Waals surface area contributed by atoms with Gasteiger partial charge in [0.15, 0.2) is 17.3 Å². The monoisotopic (exact) mass is 423 g/mol. The van der Waals surface area contributed by atoms with Gasteiger partial charge in [-0.3, -0.25) is 34.9 Å². The number of amides is 2. The number of carbonyl (C=O) groups excluding carboxylic acids is 2. The van der Waals surface area contributed by atoms with Gasteiger partial charge in [-0.05, 0) is 12.1 Å². The number of halogens is 2. The molecule has 12 heteroatoms. The van der Waals surface area contributed by atoms with Gasteiger partial charge in [-0.2, -0.15) is 0 Å². The first-order chi connectivity index (χ1) is 14.2. The van der Waals surface area contributed by atoms with E-state index in [1.807, 2.05) is 0 Å². The van der Waals surface area contributed by atoms with Gasteiger partial charge in [-0.15, -0.1) is 0 Å². The molecule has 0 unspecified atom stereocenters. The van der Waals surface area contributed by atoms with Crippen molar-refractivity contribution in [2.75, 3.05) is 44.4 Å². The number of aromatic hydroxyl groups is 1. The molecule has 1 aliphatic heterocycles. The third kappa shape index (κ3) is 3.89. The SMILES string of the molecule is COCCN1CN(C)n2cc(C(=O)NNc3ccc(F)cc3F)c(=O)c(O)c2C1=O.